The summed E-state index contributed by atoms with van der Waals surface area (Å²) in [6.07, 6.45) is 0. The first-order chi connectivity index (χ1) is 7.11. The van der Waals surface area contributed by atoms with Crippen LogP contribution in [0.2, 0.25) is 0 Å². The van der Waals surface area contributed by atoms with Crippen molar-refractivity contribution in [2.75, 3.05) is 7.11 Å². The van der Waals surface area contributed by atoms with E-state index >= 15 is 0 Å². The molecule has 7 nitrogen and oxygen atoms in total. The first kappa shape index (κ1) is 9.38. The van der Waals surface area contributed by atoms with E-state index in [0.717, 1.165) is 4.63 Å². The third-order valence-corrected chi connectivity index (χ3v) is 1.86. The van der Waals surface area contributed by atoms with Crippen LogP contribution in [0.4, 0.5) is 0 Å². The third-order valence-electron chi connectivity index (χ3n) is 1.86. The quantitative estimate of drug-likeness (QED) is 0.639. The highest BCUT2D eigenvalue weighted by Gasteiger charge is 2.13. The summed E-state index contributed by atoms with van der Waals surface area (Å²) in [5.74, 6) is -0.176. The Kier molecular flexibility index (Phi) is 2.00. The normalized spacial score (nSPS) is 10.5. The van der Waals surface area contributed by atoms with Gasteiger partial charge in [0, 0.05) is 6.07 Å². The number of methoxy groups -OCH3 is 1. The molecule has 0 saturated heterocycles. The molecule has 78 valence electrons. The van der Waals surface area contributed by atoms with E-state index in [2.05, 4.69) is 19.9 Å². The second kappa shape index (κ2) is 3.19. The fourth-order valence-electron chi connectivity index (χ4n) is 1.20. The standard InChI is InChI=1S/C8H8N4O3/c1-4-9-7(13)6-3-5(8(14)15-2)11-12(6)10-4/h3H,1-2H3,(H,9,10,13). The van der Waals surface area contributed by atoms with Gasteiger partial charge in [0.05, 0.1) is 7.11 Å². The topological polar surface area (TPSA) is 89.4 Å². The lowest BCUT2D eigenvalue weighted by Gasteiger charge is -1.92. The monoisotopic (exact) mass is 208 g/mol. The molecule has 0 aliphatic heterocycles. The van der Waals surface area contributed by atoms with Crippen molar-refractivity contribution in [3.8, 4) is 0 Å². The minimum absolute atomic E-state index is 0.0566. The molecule has 0 aliphatic rings. The zero-order valence-corrected chi connectivity index (χ0v) is 8.14. The SMILES string of the molecule is COC(=O)c1cc2c(=O)[nH]c(C)nn2n1. The molecule has 0 amide bonds. The Morgan fingerprint density at radius 1 is 1.53 bits per heavy atom. The van der Waals surface area contributed by atoms with Crippen molar-refractivity contribution in [2.45, 2.75) is 6.92 Å². The van der Waals surface area contributed by atoms with Crippen molar-refractivity contribution in [3.63, 3.8) is 0 Å². The Hall–Kier alpha value is -2.18. The van der Waals surface area contributed by atoms with Crippen LogP contribution in [0.15, 0.2) is 10.9 Å². The number of H-pyrrole nitrogens is 1. The minimum Gasteiger partial charge on any atom is -0.464 e. The summed E-state index contributed by atoms with van der Waals surface area (Å²) in [7, 11) is 1.25. The lowest BCUT2D eigenvalue weighted by Crippen LogP contribution is -2.14. The second-order valence-electron chi connectivity index (χ2n) is 2.94. The minimum atomic E-state index is -0.599. The van der Waals surface area contributed by atoms with Gasteiger partial charge in [-0.25, -0.2) is 4.79 Å². The van der Waals surface area contributed by atoms with E-state index < -0.39 is 5.97 Å². The van der Waals surface area contributed by atoms with Crippen molar-refractivity contribution in [3.05, 3.63) is 27.9 Å². The van der Waals surface area contributed by atoms with Gasteiger partial charge in [0.2, 0.25) is 0 Å². The number of aromatic nitrogens is 4. The van der Waals surface area contributed by atoms with E-state index in [9.17, 15) is 9.59 Å². The summed E-state index contributed by atoms with van der Waals surface area (Å²) < 4.78 is 5.59. The maximum Gasteiger partial charge on any atom is 0.358 e. The molecule has 1 N–H and O–H groups in total. The average Bonchev–Trinajstić information content (AvgIpc) is 2.60. The summed E-state index contributed by atoms with van der Waals surface area (Å²) in [4.78, 5) is 25.1. The fraction of sp³-hybridized carbons (Fsp3) is 0.250. The van der Waals surface area contributed by atoms with Crippen molar-refractivity contribution in [1.29, 1.82) is 0 Å². The average molecular weight is 208 g/mol. The van der Waals surface area contributed by atoms with Crippen LogP contribution >= 0.6 is 0 Å². The molecule has 2 aromatic rings. The van der Waals surface area contributed by atoms with Gasteiger partial charge in [0.15, 0.2) is 11.2 Å². The van der Waals surface area contributed by atoms with E-state index in [-0.39, 0.29) is 16.8 Å². The number of ether oxygens (including phenoxy) is 1. The lowest BCUT2D eigenvalue weighted by atomic mass is 10.4. The van der Waals surface area contributed by atoms with E-state index in [1.807, 2.05) is 0 Å². The number of carbonyl (C=O) groups is 1. The van der Waals surface area contributed by atoms with E-state index in [0.29, 0.717) is 5.82 Å². The van der Waals surface area contributed by atoms with Crippen LogP contribution in [0.1, 0.15) is 16.3 Å². The molecule has 15 heavy (non-hydrogen) atoms. The number of nitrogens with one attached hydrogen (secondary N) is 1. The van der Waals surface area contributed by atoms with Crippen LogP contribution in [-0.2, 0) is 4.74 Å². The van der Waals surface area contributed by atoms with Crippen LogP contribution in [0, 0.1) is 6.92 Å². The maximum atomic E-state index is 11.4. The highest BCUT2D eigenvalue weighted by molar-refractivity contribution is 5.88. The molecular weight excluding hydrogens is 200 g/mol. The molecule has 0 aromatic carbocycles. The van der Waals surface area contributed by atoms with Crippen LogP contribution < -0.4 is 5.56 Å². The number of aryl methyl sites for hydroxylation is 1. The summed E-state index contributed by atoms with van der Waals surface area (Å²) >= 11 is 0. The molecule has 2 heterocycles. The Labute approximate surface area is 83.7 Å². The molecule has 0 fully saturated rings. The lowest BCUT2D eigenvalue weighted by molar-refractivity contribution is 0.0593. The summed E-state index contributed by atoms with van der Waals surface area (Å²) in [6.45, 7) is 1.63. The van der Waals surface area contributed by atoms with Gasteiger partial charge in [-0.2, -0.15) is 0 Å². The molecule has 0 unspecified atom stereocenters. The van der Waals surface area contributed by atoms with Crippen molar-refractivity contribution in [2.24, 2.45) is 0 Å². The number of hydrogen-bond acceptors (Lipinski definition) is 5. The van der Waals surface area contributed by atoms with Crippen LogP contribution in [-0.4, -0.2) is 32.9 Å². The summed E-state index contributed by atoms with van der Waals surface area (Å²) in [6, 6.07) is 1.33. The van der Waals surface area contributed by atoms with Gasteiger partial charge in [0.25, 0.3) is 5.56 Å². The Morgan fingerprint density at radius 3 is 2.93 bits per heavy atom. The highest BCUT2D eigenvalue weighted by atomic mass is 16.5. The molecule has 0 spiro atoms. The van der Waals surface area contributed by atoms with Gasteiger partial charge < -0.3 is 9.72 Å². The van der Waals surface area contributed by atoms with Gasteiger partial charge in [-0.05, 0) is 6.92 Å². The molecule has 2 rings (SSSR count). The number of fused-ring (bicyclic) bond motifs is 1. The van der Waals surface area contributed by atoms with Gasteiger partial charge in [0.1, 0.15) is 5.82 Å². The van der Waals surface area contributed by atoms with Crippen LogP contribution in [0.3, 0.4) is 0 Å². The molecule has 0 bridgehead atoms. The van der Waals surface area contributed by atoms with Crippen molar-refractivity contribution < 1.29 is 9.53 Å². The van der Waals surface area contributed by atoms with Crippen LogP contribution in [0.25, 0.3) is 5.52 Å². The number of esters is 1. The summed E-state index contributed by atoms with van der Waals surface area (Å²) in [5.41, 5.74) is -0.0766. The second-order valence-corrected chi connectivity index (χ2v) is 2.94. The molecule has 0 radical (unpaired) electrons. The molecule has 0 aliphatic carbocycles. The zero-order chi connectivity index (χ0) is 11.0. The maximum absolute atomic E-state index is 11.4. The first-order valence-electron chi connectivity index (χ1n) is 4.17. The predicted octanol–water partition coefficient (Wildman–Crippen LogP) is -0.487. The Balaban J connectivity index is 2.71. The largest absolute Gasteiger partial charge is 0.464 e. The Morgan fingerprint density at radius 2 is 2.27 bits per heavy atom. The number of carbonyl (C=O) groups excluding carboxylic acids is 1. The van der Waals surface area contributed by atoms with Gasteiger partial charge >= 0.3 is 5.97 Å². The molecular formula is C8H8N4O3. The highest BCUT2D eigenvalue weighted by Crippen LogP contribution is 2.01. The fourth-order valence-corrected chi connectivity index (χ4v) is 1.20. The molecule has 0 saturated carbocycles. The van der Waals surface area contributed by atoms with Gasteiger partial charge in [-0.15, -0.1) is 14.8 Å². The third kappa shape index (κ3) is 1.47. The van der Waals surface area contributed by atoms with E-state index in [1.54, 1.807) is 6.92 Å². The van der Waals surface area contributed by atoms with Crippen molar-refractivity contribution in [1.82, 2.24) is 19.8 Å². The number of aromatic amines is 1. The van der Waals surface area contributed by atoms with Gasteiger partial charge in [-0.3, -0.25) is 4.79 Å². The van der Waals surface area contributed by atoms with Crippen LogP contribution in [0.5, 0.6) is 0 Å². The predicted molar refractivity (Wildman–Crippen MR) is 49.7 cm³/mol. The van der Waals surface area contributed by atoms with Crippen molar-refractivity contribution >= 4 is 11.5 Å². The Bertz CT molecular complexity index is 583. The first-order valence-corrected chi connectivity index (χ1v) is 4.17. The number of hydrogen-bond donors (Lipinski definition) is 1. The van der Waals surface area contributed by atoms with Gasteiger partial charge in [-0.1, -0.05) is 0 Å². The number of rotatable bonds is 1. The number of nitrogens with zero attached hydrogens (tertiary/aromatic N) is 3. The molecule has 7 heteroatoms. The molecule has 0 atom stereocenters. The smallest absolute Gasteiger partial charge is 0.358 e. The van der Waals surface area contributed by atoms with E-state index in [4.69, 9.17) is 0 Å². The van der Waals surface area contributed by atoms with E-state index in [1.165, 1.54) is 13.2 Å². The summed E-state index contributed by atoms with van der Waals surface area (Å²) in [5, 5.41) is 7.73. The molecule has 2 aromatic heterocycles. The zero-order valence-electron chi connectivity index (χ0n) is 8.14.